The van der Waals surface area contributed by atoms with Crippen LogP contribution in [0.5, 0.6) is 0 Å². The van der Waals surface area contributed by atoms with Crippen molar-refractivity contribution in [3.63, 3.8) is 0 Å². The number of nitrogens with one attached hydrogen (secondary N) is 1. The molecule has 0 aromatic rings. The molecule has 0 aromatic carbocycles. The predicted octanol–water partition coefficient (Wildman–Crippen LogP) is 1.07. The van der Waals surface area contributed by atoms with Crippen LogP contribution in [0.25, 0.3) is 0 Å². The van der Waals surface area contributed by atoms with Crippen molar-refractivity contribution in [2.75, 3.05) is 19.7 Å². The summed E-state index contributed by atoms with van der Waals surface area (Å²) in [5.74, 6) is 0.0450. The van der Waals surface area contributed by atoms with Crippen LogP contribution in [0.1, 0.15) is 46.0 Å². The summed E-state index contributed by atoms with van der Waals surface area (Å²) in [4.78, 5) is 26.2. The summed E-state index contributed by atoms with van der Waals surface area (Å²) >= 11 is 0. The number of hydrogen-bond acceptors (Lipinski definition) is 3. The fourth-order valence-corrected chi connectivity index (χ4v) is 3.20. The molecule has 1 aliphatic carbocycles. The van der Waals surface area contributed by atoms with Gasteiger partial charge >= 0.3 is 0 Å². The number of piperazine rings is 1. The first-order chi connectivity index (χ1) is 9.07. The first-order valence-corrected chi connectivity index (χ1v) is 7.29. The molecule has 1 saturated carbocycles. The monoisotopic (exact) mass is 268 g/mol. The predicted molar refractivity (Wildman–Crippen MR) is 71.6 cm³/mol. The third-order valence-electron chi connectivity index (χ3n) is 4.05. The van der Waals surface area contributed by atoms with Crippen molar-refractivity contribution in [1.29, 1.82) is 0 Å². The average molecular weight is 268 g/mol. The van der Waals surface area contributed by atoms with Crippen LogP contribution in [0.3, 0.4) is 0 Å². The maximum Gasteiger partial charge on any atom is 0.248 e. The number of carbonyl (C=O) groups excluding carboxylic acids is 2. The molecular formula is C14H24N2O3. The van der Waals surface area contributed by atoms with Gasteiger partial charge in [0.1, 0.15) is 5.54 Å². The van der Waals surface area contributed by atoms with Gasteiger partial charge in [0.05, 0.1) is 12.6 Å². The minimum atomic E-state index is -0.625. The lowest BCUT2D eigenvalue weighted by molar-refractivity contribution is -0.153. The number of nitrogens with zero attached hydrogens (tertiary/aromatic N) is 1. The van der Waals surface area contributed by atoms with Gasteiger partial charge in [-0.15, -0.1) is 0 Å². The second-order valence-corrected chi connectivity index (χ2v) is 5.64. The summed E-state index contributed by atoms with van der Waals surface area (Å²) in [5, 5.41) is 2.95. The third kappa shape index (κ3) is 3.08. The fraction of sp³-hybridized carbons (Fsp3) is 0.857. The van der Waals surface area contributed by atoms with E-state index in [2.05, 4.69) is 5.32 Å². The zero-order valence-electron chi connectivity index (χ0n) is 11.9. The van der Waals surface area contributed by atoms with Crippen LogP contribution in [0, 0.1) is 0 Å². The van der Waals surface area contributed by atoms with E-state index >= 15 is 0 Å². The van der Waals surface area contributed by atoms with Crippen molar-refractivity contribution in [3.8, 4) is 0 Å². The maximum atomic E-state index is 12.6. The van der Waals surface area contributed by atoms with E-state index in [0.29, 0.717) is 13.2 Å². The lowest BCUT2D eigenvalue weighted by Crippen LogP contribution is -2.67. The van der Waals surface area contributed by atoms with E-state index in [1.54, 1.807) is 4.90 Å². The van der Waals surface area contributed by atoms with E-state index in [1.807, 2.05) is 13.8 Å². The van der Waals surface area contributed by atoms with Crippen LogP contribution in [0.4, 0.5) is 0 Å². The van der Waals surface area contributed by atoms with Gasteiger partial charge in [-0.05, 0) is 26.7 Å². The molecule has 5 nitrogen and oxygen atoms in total. The van der Waals surface area contributed by atoms with Crippen LogP contribution >= 0.6 is 0 Å². The Bertz CT molecular complexity index is 351. The second kappa shape index (κ2) is 5.90. The van der Waals surface area contributed by atoms with Gasteiger partial charge in [0, 0.05) is 13.2 Å². The van der Waals surface area contributed by atoms with Crippen LogP contribution in [-0.2, 0) is 14.3 Å². The van der Waals surface area contributed by atoms with Gasteiger partial charge in [-0.3, -0.25) is 9.59 Å². The molecule has 1 atom stereocenters. The fourth-order valence-electron chi connectivity index (χ4n) is 3.20. The van der Waals surface area contributed by atoms with Gasteiger partial charge in [-0.1, -0.05) is 19.3 Å². The van der Waals surface area contributed by atoms with Crippen molar-refractivity contribution in [1.82, 2.24) is 10.2 Å². The summed E-state index contributed by atoms with van der Waals surface area (Å²) in [6, 6.07) is 0. The number of amides is 2. The highest BCUT2D eigenvalue weighted by Gasteiger charge is 2.47. The lowest BCUT2D eigenvalue weighted by atomic mass is 9.79. The Hall–Kier alpha value is -1.10. The first-order valence-electron chi connectivity index (χ1n) is 7.29. The minimum Gasteiger partial charge on any atom is -0.377 e. The molecule has 1 aliphatic heterocycles. The molecule has 0 aromatic heterocycles. The molecule has 1 heterocycles. The summed E-state index contributed by atoms with van der Waals surface area (Å²) in [6.07, 6.45) is 4.70. The van der Waals surface area contributed by atoms with Gasteiger partial charge in [0.15, 0.2) is 0 Å². The molecule has 2 amide bonds. The summed E-state index contributed by atoms with van der Waals surface area (Å²) in [5.41, 5.74) is -0.625. The highest BCUT2D eigenvalue weighted by molar-refractivity contribution is 5.98. The Labute approximate surface area is 114 Å². The summed E-state index contributed by atoms with van der Waals surface area (Å²) < 4.78 is 5.48. The van der Waals surface area contributed by atoms with Gasteiger partial charge in [0.2, 0.25) is 11.8 Å². The van der Waals surface area contributed by atoms with E-state index in [4.69, 9.17) is 4.74 Å². The zero-order valence-corrected chi connectivity index (χ0v) is 11.9. The molecule has 2 aliphatic rings. The molecule has 0 radical (unpaired) electrons. The van der Waals surface area contributed by atoms with E-state index in [0.717, 1.165) is 32.1 Å². The van der Waals surface area contributed by atoms with Gasteiger partial charge < -0.3 is 15.0 Å². The SMILES string of the molecule is CCOC(C)CN1CC(=O)NC2(CCCCC2)C1=O. The molecule has 1 unspecified atom stereocenters. The smallest absolute Gasteiger partial charge is 0.248 e. The van der Waals surface area contributed by atoms with Gasteiger partial charge in [-0.25, -0.2) is 0 Å². The molecule has 2 rings (SSSR count). The molecule has 19 heavy (non-hydrogen) atoms. The number of ether oxygens (including phenoxy) is 1. The molecule has 0 bridgehead atoms. The van der Waals surface area contributed by atoms with Crippen LogP contribution in [0.15, 0.2) is 0 Å². The molecule has 1 spiro atoms. The van der Waals surface area contributed by atoms with Crippen molar-refractivity contribution in [2.45, 2.75) is 57.6 Å². The van der Waals surface area contributed by atoms with Crippen molar-refractivity contribution in [3.05, 3.63) is 0 Å². The Kier molecular flexibility index (Phi) is 4.45. The second-order valence-electron chi connectivity index (χ2n) is 5.64. The zero-order chi connectivity index (χ0) is 13.9. The molecular weight excluding hydrogens is 244 g/mol. The maximum absolute atomic E-state index is 12.6. The Morgan fingerprint density at radius 2 is 2.00 bits per heavy atom. The molecule has 108 valence electrons. The minimum absolute atomic E-state index is 0.0273. The highest BCUT2D eigenvalue weighted by atomic mass is 16.5. The van der Waals surface area contributed by atoms with Gasteiger partial charge in [0.25, 0.3) is 0 Å². The van der Waals surface area contributed by atoms with E-state index in [1.165, 1.54) is 0 Å². The average Bonchev–Trinajstić information content (AvgIpc) is 2.37. The largest absolute Gasteiger partial charge is 0.377 e. The first kappa shape index (κ1) is 14.3. The van der Waals surface area contributed by atoms with Crippen molar-refractivity contribution in [2.24, 2.45) is 0 Å². The standard InChI is InChI=1S/C14H24N2O3/c1-3-19-11(2)9-16-10-12(17)15-14(13(16)18)7-5-4-6-8-14/h11H,3-10H2,1-2H3,(H,15,17). The quantitative estimate of drug-likeness (QED) is 0.830. The summed E-state index contributed by atoms with van der Waals surface area (Å²) in [7, 11) is 0. The van der Waals surface area contributed by atoms with Crippen molar-refractivity contribution < 1.29 is 14.3 Å². The highest BCUT2D eigenvalue weighted by Crippen LogP contribution is 2.31. The van der Waals surface area contributed by atoms with E-state index in [-0.39, 0.29) is 24.5 Å². The molecule has 2 fully saturated rings. The Balaban J connectivity index is 2.07. The summed E-state index contributed by atoms with van der Waals surface area (Å²) in [6.45, 7) is 5.17. The number of carbonyl (C=O) groups is 2. The Morgan fingerprint density at radius 3 is 2.63 bits per heavy atom. The lowest BCUT2D eigenvalue weighted by Gasteiger charge is -2.44. The number of rotatable bonds is 4. The topological polar surface area (TPSA) is 58.6 Å². The number of hydrogen-bond donors (Lipinski definition) is 1. The van der Waals surface area contributed by atoms with Crippen molar-refractivity contribution >= 4 is 11.8 Å². The third-order valence-corrected chi connectivity index (χ3v) is 4.05. The van der Waals surface area contributed by atoms with E-state index in [9.17, 15) is 9.59 Å². The molecule has 1 saturated heterocycles. The van der Waals surface area contributed by atoms with E-state index < -0.39 is 5.54 Å². The normalized spacial score (nSPS) is 24.4. The van der Waals surface area contributed by atoms with Gasteiger partial charge in [-0.2, -0.15) is 0 Å². The van der Waals surface area contributed by atoms with Crippen LogP contribution in [0.2, 0.25) is 0 Å². The van der Waals surface area contributed by atoms with Crippen LogP contribution < -0.4 is 5.32 Å². The molecule has 1 N–H and O–H groups in total. The Morgan fingerprint density at radius 1 is 1.32 bits per heavy atom. The molecule has 5 heteroatoms. The van der Waals surface area contributed by atoms with Crippen LogP contribution in [-0.4, -0.2) is 48.1 Å².